The maximum atomic E-state index is 11.8. The Labute approximate surface area is 101 Å². The van der Waals surface area contributed by atoms with Crippen LogP contribution in [-0.4, -0.2) is 34.8 Å². The number of pyridine rings is 1. The molecule has 0 aromatic carbocycles. The number of hydrogen-bond donors (Lipinski definition) is 2. The summed E-state index contributed by atoms with van der Waals surface area (Å²) in [7, 11) is 0. The Bertz CT molecular complexity index is 380. The molecular formula is C12H18N2O3. The monoisotopic (exact) mass is 238 g/mol. The van der Waals surface area contributed by atoms with Gasteiger partial charge in [-0.15, -0.1) is 0 Å². The van der Waals surface area contributed by atoms with Gasteiger partial charge in [0.2, 0.25) is 0 Å². The van der Waals surface area contributed by atoms with Gasteiger partial charge >= 0.3 is 5.97 Å². The zero-order valence-electron chi connectivity index (χ0n) is 10.3. The molecule has 0 aliphatic rings. The van der Waals surface area contributed by atoms with Crippen LogP contribution in [0.3, 0.4) is 0 Å². The Balaban J connectivity index is 2.87. The SMILES string of the molecule is CC(C)OC(=O)c1cccnc1N[C@@H](C)CO. The molecule has 1 heterocycles. The first-order valence-corrected chi connectivity index (χ1v) is 5.58. The van der Waals surface area contributed by atoms with Crippen LogP contribution in [0.5, 0.6) is 0 Å². The minimum Gasteiger partial charge on any atom is -0.459 e. The number of carbonyl (C=O) groups is 1. The summed E-state index contributed by atoms with van der Waals surface area (Å²) in [6.07, 6.45) is 1.41. The molecule has 1 rings (SSSR count). The molecule has 1 aromatic heterocycles. The van der Waals surface area contributed by atoms with Gasteiger partial charge in [-0.2, -0.15) is 0 Å². The van der Waals surface area contributed by atoms with Gasteiger partial charge in [-0.1, -0.05) is 0 Å². The quantitative estimate of drug-likeness (QED) is 0.759. The van der Waals surface area contributed by atoms with Crippen molar-refractivity contribution in [1.29, 1.82) is 0 Å². The molecule has 0 amide bonds. The van der Waals surface area contributed by atoms with Crippen molar-refractivity contribution in [2.75, 3.05) is 11.9 Å². The third-order valence-corrected chi connectivity index (χ3v) is 2.03. The first-order valence-electron chi connectivity index (χ1n) is 5.58. The minimum atomic E-state index is -0.416. The van der Waals surface area contributed by atoms with Gasteiger partial charge in [0.05, 0.1) is 12.7 Å². The third kappa shape index (κ3) is 4.03. The number of ether oxygens (including phenoxy) is 1. The van der Waals surface area contributed by atoms with E-state index in [-0.39, 0.29) is 18.8 Å². The number of aliphatic hydroxyl groups is 1. The van der Waals surface area contributed by atoms with E-state index in [1.807, 2.05) is 0 Å². The number of aromatic nitrogens is 1. The van der Waals surface area contributed by atoms with Gasteiger partial charge in [-0.05, 0) is 32.9 Å². The van der Waals surface area contributed by atoms with Crippen molar-refractivity contribution in [3.63, 3.8) is 0 Å². The van der Waals surface area contributed by atoms with Crippen LogP contribution in [0.15, 0.2) is 18.3 Å². The summed E-state index contributed by atoms with van der Waals surface area (Å²) in [5.74, 6) is 0.0143. The van der Waals surface area contributed by atoms with E-state index in [0.717, 1.165) is 0 Å². The Morgan fingerprint density at radius 1 is 1.53 bits per heavy atom. The van der Waals surface area contributed by atoms with Crippen molar-refractivity contribution >= 4 is 11.8 Å². The highest BCUT2D eigenvalue weighted by Gasteiger charge is 2.15. The van der Waals surface area contributed by atoms with Crippen LogP contribution in [0.1, 0.15) is 31.1 Å². The normalized spacial score (nSPS) is 12.3. The highest BCUT2D eigenvalue weighted by molar-refractivity contribution is 5.94. The highest BCUT2D eigenvalue weighted by atomic mass is 16.5. The number of hydrogen-bond acceptors (Lipinski definition) is 5. The molecule has 2 N–H and O–H groups in total. The molecule has 0 unspecified atom stereocenters. The largest absolute Gasteiger partial charge is 0.459 e. The summed E-state index contributed by atoms with van der Waals surface area (Å²) < 4.78 is 5.11. The standard InChI is InChI=1S/C12H18N2O3/c1-8(2)17-12(16)10-5-4-6-13-11(10)14-9(3)7-15/h4-6,8-9,15H,7H2,1-3H3,(H,13,14)/t9-/m0/s1. The first-order chi connectivity index (χ1) is 8.04. The molecule has 0 radical (unpaired) electrons. The fourth-order valence-corrected chi connectivity index (χ4v) is 1.24. The number of nitrogens with zero attached hydrogens (tertiary/aromatic N) is 1. The predicted molar refractivity (Wildman–Crippen MR) is 65.0 cm³/mol. The summed E-state index contributed by atoms with van der Waals surface area (Å²) >= 11 is 0. The van der Waals surface area contributed by atoms with Crippen molar-refractivity contribution in [3.8, 4) is 0 Å². The number of aliphatic hydroxyl groups excluding tert-OH is 1. The molecule has 5 nitrogen and oxygen atoms in total. The zero-order valence-corrected chi connectivity index (χ0v) is 10.3. The summed E-state index contributed by atoms with van der Waals surface area (Å²) in [4.78, 5) is 15.9. The molecular weight excluding hydrogens is 220 g/mol. The van der Waals surface area contributed by atoms with Crippen molar-refractivity contribution in [1.82, 2.24) is 4.98 Å². The number of nitrogens with one attached hydrogen (secondary N) is 1. The molecule has 0 aliphatic carbocycles. The van der Waals surface area contributed by atoms with Crippen LogP contribution in [-0.2, 0) is 4.74 Å². The number of esters is 1. The van der Waals surface area contributed by atoms with Crippen LogP contribution in [0, 0.1) is 0 Å². The molecule has 1 atom stereocenters. The minimum absolute atomic E-state index is 0.0325. The molecule has 0 saturated heterocycles. The van der Waals surface area contributed by atoms with E-state index in [0.29, 0.717) is 11.4 Å². The second-order valence-corrected chi connectivity index (χ2v) is 4.08. The Hall–Kier alpha value is -1.62. The third-order valence-electron chi connectivity index (χ3n) is 2.03. The molecule has 0 fully saturated rings. The van der Waals surface area contributed by atoms with E-state index in [1.54, 1.807) is 39.1 Å². The summed E-state index contributed by atoms with van der Waals surface area (Å²) in [6, 6.07) is 3.14. The fourth-order valence-electron chi connectivity index (χ4n) is 1.24. The molecule has 94 valence electrons. The van der Waals surface area contributed by atoms with Crippen LogP contribution in [0.25, 0.3) is 0 Å². The number of rotatable bonds is 5. The molecule has 0 saturated carbocycles. The number of carbonyl (C=O) groups excluding carboxylic acids is 1. The molecule has 1 aromatic rings. The van der Waals surface area contributed by atoms with Gasteiger partial charge in [0.1, 0.15) is 11.4 Å². The second kappa shape index (κ2) is 6.20. The summed E-state index contributed by atoms with van der Waals surface area (Å²) in [5.41, 5.74) is 0.376. The molecule has 0 bridgehead atoms. The molecule has 0 aliphatic heterocycles. The molecule has 17 heavy (non-hydrogen) atoms. The highest BCUT2D eigenvalue weighted by Crippen LogP contribution is 2.14. The Morgan fingerprint density at radius 3 is 2.82 bits per heavy atom. The van der Waals surface area contributed by atoms with Crippen molar-refractivity contribution in [2.45, 2.75) is 32.9 Å². The van der Waals surface area contributed by atoms with E-state index >= 15 is 0 Å². The smallest absolute Gasteiger partial charge is 0.342 e. The summed E-state index contributed by atoms with van der Waals surface area (Å²) in [6.45, 7) is 5.34. The van der Waals surface area contributed by atoms with Crippen LogP contribution < -0.4 is 5.32 Å². The van der Waals surface area contributed by atoms with E-state index < -0.39 is 5.97 Å². The fraction of sp³-hybridized carbons (Fsp3) is 0.500. The van der Waals surface area contributed by atoms with Gasteiger partial charge < -0.3 is 15.2 Å². The van der Waals surface area contributed by atoms with Crippen molar-refractivity contribution in [2.24, 2.45) is 0 Å². The lowest BCUT2D eigenvalue weighted by atomic mass is 10.2. The lowest BCUT2D eigenvalue weighted by molar-refractivity contribution is 0.0378. The van der Waals surface area contributed by atoms with Crippen LogP contribution in [0.2, 0.25) is 0 Å². The van der Waals surface area contributed by atoms with E-state index in [4.69, 9.17) is 9.84 Å². The van der Waals surface area contributed by atoms with Gasteiger partial charge in [0, 0.05) is 12.2 Å². The van der Waals surface area contributed by atoms with Gasteiger partial charge in [-0.25, -0.2) is 9.78 Å². The molecule has 0 spiro atoms. The average Bonchev–Trinajstić information content (AvgIpc) is 2.28. The van der Waals surface area contributed by atoms with Gasteiger partial charge in [0.25, 0.3) is 0 Å². The van der Waals surface area contributed by atoms with E-state index in [1.165, 1.54) is 0 Å². The Kier molecular flexibility index (Phi) is 4.90. The lowest BCUT2D eigenvalue weighted by Crippen LogP contribution is -2.22. The lowest BCUT2D eigenvalue weighted by Gasteiger charge is -2.15. The van der Waals surface area contributed by atoms with Crippen molar-refractivity contribution in [3.05, 3.63) is 23.9 Å². The maximum Gasteiger partial charge on any atom is 0.342 e. The van der Waals surface area contributed by atoms with Crippen molar-refractivity contribution < 1.29 is 14.6 Å². The Morgan fingerprint density at radius 2 is 2.24 bits per heavy atom. The second-order valence-electron chi connectivity index (χ2n) is 4.08. The van der Waals surface area contributed by atoms with E-state index in [2.05, 4.69) is 10.3 Å². The van der Waals surface area contributed by atoms with Gasteiger partial charge in [-0.3, -0.25) is 0 Å². The van der Waals surface area contributed by atoms with Crippen LogP contribution in [0.4, 0.5) is 5.82 Å². The average molecular weight is 238 g/mol. The maximum absolute atomic E-state index is 11.8. The topological polar surface area (TPSA) is 71.5 Å². The summed E-state index contributed by atoms with van der Waals surface area (Å²) in [5, 5.41) is 11.9. The van der Waals surface area contributed by atoms with E-state index in [9.17, 15) is 4.79 Å². The predicted octanol–water partition coefficient (Wildman–Crippen LogP) is 1.44. The van der Waals surface area contributed by atoms with Crippen LogP contribution >= 0.6 is 0 Å². The number of anilines is 1. The molecule has 5 heteroatoms. The first kappa shape index (κ1) is 13.4. The van der Waals surface area contributed by atoms with Gasteiger partial charge in [0.15, 0.2) is 0 Å². The zero-order chi connectivity index (χ0) is 12.8.